The highest BCUT2D eigenvalue weighted by molar-refractivity contribution is 14.0. The van der Waals surface area contributed by atoms with Gasteiger partial charge in [0, 0.05) is 44.9 Å². The summed E-state index contributed by atoms with van der Waals surface area (Å²) in [4.78, 5) is 9.48. The predicted molar refractivity (Wildman–Crippen MR) is 119 cm³/mol. The van der Waals surface area contributed by atoms with Crippen molar-refractivity contribution in [2.45, 2.75) is 31.4 Å². The number of aliphatic imine (C=N–C) groups is 1. The van der Waals surface area contributed by atoms with Gasteiger partial charge in [-0.05, 0) is 50.0 Å². The first kappa shape index (κ1) is 21.7. The summed E-state index contributed by atoms with van der Waals surface area (Å²) in [5, 5.41) is 4.21. The molecule has 0 spiro atoms. The first-order valence-electron chi connectivity index (χ1n) is 9.19. The zero-order valence-corrected chi connectivity index (χ0v) is 18.7. The number of methoxy groups -OCH3 is 1. The maximum Gasteiger partial charge on any atom is 0.193 e. The van der Waals surface area contributed by atoms with Crippen LogP contribution in [0.25, 0.3) is 0 Å². The molecule has 2 heterocycles. The SMILES string of the molecule is CN=C(NCC(OC)c1cccc(Cl)c1)N1CCC(N2CCCC2)C1.I. The molecule has 0 aromatic heterocycles. The molecule has 0 saturated carbocycles. The van der Waals surface area contributed by atoms with Crippen LogP contribution in [0.2, 0.25) is 5.02 Å². The Hall–Kier alpha value is -0.570. The summed E-state index contributed by atoms with van der Waals surface area (Å²) >= 11 is 6.11. The predicted octanol–water partition coefficient (Wildman–Crippen LogP) is 3.39. The summed E-state index contributed by atoms with van der Waals surface area (Å²) in [6.45, 7) is 5.31. The summed E-state index contributed by atoms with van der Waals surface area (Å²) in [7, 11) is 3.59. The summed E-state index contributed by atoms with van der Waals surface area (Å²) in [5.74, 6) is 0.964. The lowest BCUT2D eigenvalue weighted by atomic mass is 10.1. The van der Waals surface area contributed by atoms with Crippen LogP contribution in [-0.4, -0.2) is 68.7 Å². The molecular formula is C19H30ClIN4O. The van der Waals surface area contributed by atoms with Gasteiger partial charge in [0.05, 0.1) is 6.10 Å². The van der Waals surface area contributed by atoms with Crippen molar-refractivity contribution in [2.75, 3.05) is 46.9 Å². The lowest BCUT2D eigenvalue weighted by Crippen LogP contribution is -2.44. The van der Waals surface area contributed by atoms with Crippen molar-refractivity contribution in [2.24, 2.45) is 4.99 Å². The third kappa shape index (κ3) is 5.47. The van der Waals surface area contributed by atoms with Crippen LogP contribution in [-0.2, 0) is 4.74 Å². The van der Waals surface area contributed by atoms with Crippen LogP contribution in [0, 0.1) is 0 Å². The molecule has 2 aliphatic heterocycles. The fourth-order valence-electron chi connectivity index (χ4n) is 3.90. The Morgan fingerprint density at radius 1 is 1.35 bits per heavy atom. The van der Waals surface area contributed by atoms with Gasteiger partial charge in [-0.3, -0.25) is 9.89 Å². The van der Waals surface area contributed by atoms with Gasteiger partial charge in [-0.25, -0.2) is 0 Å². The fourth-order valence-corrected chi connectivity index (χ4v) is 4.10. The molecule has 3 rings (SSSR count). The van der Waals surface area contributed by atoms with Crippen LogP contribution < -0.4 is 5.32 Å². The van der Waals surface area contributed by atoms with Gasteiger partial charge in [-0.1, -0.05) is 23.7 Å². The molecule has 1 aromatic rings. The molecule has 2 aliphatic rings. The number of guanidine groups is 1. The minimum atomic E-state index is -0.0487. The van der Waals surface area contributed by atoms with Crippen molar-refractivity contribution in [3.05, 3.63) is 34.9 Å². The van der Waals surface area contributed by atoms with Crippen molar-refractivity contribution in [1.29, 1.82) is 0 Å². The highest BCUT2D eigenvalue weighted by Gasteiger charge is 2.30. The molecule has 2 saturated heterocycles. The quantitative estimate of drug-likeness (QED) is 0.389. The molecule has 5 nitrogen and oxygen atoms in total. The molecule has 2 fully saturated rings. The van der Waals surface area contributed by atoms with E-state index < -0.39 is 0 Å². The van der Waals surface area contributed by atoms with Crippen molar-refractivity contribution in [3.63, 3.8) is 0 Å². The summed E-state index contributed by atoms with van der Waals surface area (Å²) in [6, 6.07) is 8.52. The van der Waals surface area contributed by atoms with E-state index in [9.17, 15) is 0 Å². The van der Waals surface area contributed by atoms with E-state index in [1.54, 1.807) is 7.11 Å². The molecule has 0 amide bonds. The fraction of sp³-hybridized carbons (Fsp3) is 0.632. The normalized spacial score (nSPS) is 22.3. The Morgan fingerprint density at radius 3 is 2.77 bits per heavy atom. The second-order valence-electron chi connectivity index (χ2n) is 6.84. The monoisotopic (exact) mass is 492 g/mol. The summed E-state index contributed by atoms with van der Waals surface area (Å²) in [5.41, 5.74) is 1.08. The number of hydrogen-bond donors (Lipinski definition) is 1. The Bertz CT molecular complexity index is 595. The first-order chi connectivity index (χ1) is 12.2. The Labute approximate surface area is 179 Å². The Balaban J connectivity index is 0.00000243. The van der Waals surface area contributed by atoms with Crippen molar-refractivity contribution >= 4 is 41.5 Å². The molecule has 1 aromatic carbocycles. The number of halogens is 2. The van der Waals surface area contributed by atoms with Crippen LogP contribution in [0.1, 0.15) is 30.9 Å². The maximum atomic E-state index is 6.11. The van der Waals surface area contributed by atoms with Crippen molar-refractivity contribution in [3.8, 4) is 0 Å². The second kappa shape index (κ2) is 10.7. The minimum absolute atomic E-state index is 0. The third-order valence-electron chi connectivity index (χ3n) is 5.28. The number of likely N-dealkylation sites (tertiary alicyclic amines) is 2. The topological polar surface area (TPSA) is 40.1 Å². The average Bonchev–Trinajstić information content (AvgIpc) is 3.30. The first-order valence-corrected chi connectivity index (χ1v) is 9.57. The van der Waals surface area contributed by atoms with Gasteiger partial charge < -0.3 is 15.0 Å². The van der Waals surface area contributed by atoms with Gasteiger partial charge in [0.25, 0.3) is 0 Å². The van der Waals surface area contributed by atoms with E-state index in [1.165, 1.54) is 32.4 Å². The Morgan fingerprint density at radius 2 is 2.12 bits per heavy atom. The van der Waals surface area contributed by atoms with Crippen molar-refractivity contribution < 1.29 is 4.74 Å². The lowest BCUT2D eigenvalue weighted by molar-refractivity contribution is 0.106. The van der Waals surface area contributed by atoms with Crippen molar-refractivity contribution in [1.82, 2.24) is 15.1 Å². The smallest absolute Gasteiger partial charge is 0.193 e. The van der Waals surface area contributed by atoms with E-state index in [4.69, 9.17) is 16.3 Å². The number of benzene rings is 1. The maximum absolute atomic E-state index is 6.11. The second-order valence-corrected chi connectivity index (χ2v) is 7.28. The van der Waals surface area contributed by atoms with Gasteiger partial charge in [0.2, 0.25) is 0 Å². The number of rotatable bonds is 5. The molecule has 0 radical (unpaired) electrons. The molecule has 2 atom stereocenters. The highest BCUT2D eigenvalue weighted by atomic mass is 127. The summed E-state index contributed by atoms with van der Waals surface area (Å²) in [6.07, 6.45) is 3.87. The van der Waals surface area contributed by atoms with Crippen LogP contribution >= 0.6 is 35.6 Å². The molecule has 1 N–H and O–H groups in total. The number of ether oxygens (including phenoxy) is 1. The van der Waals surface area contributed by atoms with Crippen LogP contribution in [0.5, 0.6) is 0 Å². The zero-order valence-electron chi connectivity index (χ0n) is 15.7. The van der Waals surface area contributed by atoms with E-state index in [1.807, 2.05) is 31.3 Å². The molecule has 0 aliphatic carbocycles. The van der Waals surface area contributed by atoms with Crippen LogP contribution in [0.4, 0.5) is 0 Å². The third-order valence-corrected chi connectivity index (χ3v) is 5.52. The standard InChI is InChI=1S/C19H29ClN4O.HI/c1-21-19(24-11-8-17(14-24)23-9-3-4-10-23)22-13-18(25-2)15-6-5-7-16(20)12-15;/h5-7,12,17-18H,3-4,8-11,13-14H2,1-2H3,(H,21,22);1H. The van der Waals surface area contributed by atoms with Gasteiger partial charge in [-0.15, -0.1) is 24.0 Å². The van der Waals surface area contributed by atoms with Crippen LogP contribution in [0.15, 0.2) is 29.3 Å². The zero-order chi connectivity index (χ0) is 17.6. The van der Waals surface area contributed by atoms with Gasteiger partial charge in [0.15, 0.2) is 5.96 Å². The van der Waals surface area contributed by atoms with E-state index in [0.29, 0.717) is 12.6 Å². The minimum Gasteiger partial charge on any atom is -0.375 e. The largest absolute Gasteiger partial charge is 0.375 e. The molecule has 2 unspecified atom stereocenters. The number of nitrogens with zero attached hydrogens (tertiary/aromatic N) is 3. The van der Waals surface area contributed by atoms with E-state index in [-0.39, 0.29) is 30.1 Å². The molecule has 146 valence electrons. The molecule has 7 heteroatoms. The molecular weight excluding hydrogens is 463 g/mol. The summed E-state index contributed by atoms with van der Waals surface area (Å²) < 4.78 is 5.65. The molecule has 26 heavy (non-hydrogen) atoms. The highest BCUT2D eigenvalue weighted by Crippen LogP contribution is 2.22. The van der Waals surface area contributed by atoms with E-state index >= 15 is 0 Å². The molecule has 0 bridgehead atoms. The number of hydrogen-bond acceptors (Lipinski definition) is 3. The van der Waals surface area contributed by atoms with E-state index in [0.717, 1.165) is 29.6 Å². The van der Waals surface area contributed by atoms with Gasteiger partial charge in [-0.2, -0.15) is 0 Å². The number of nitrogens with one attached hydrogen (secondary N) is 1. The Kier molecular flexibility index (Phi) is 8.93. The van der Waals surface area contributed by atoms with E-state index in [2.05, 4.69) is 20.1 Å². The van der Waals surface area contributed by atoms with Gasteiger partial charge >= 0.3 is 0 Å². The van der Waals surface area contributed by atoms with Gasteiger partial charge in [0.1, 0.15) is 0 Å². The average molecular weight is 493 g/mol. The lowest BCUT2D eigenvalue weighted by Gasteiger charge is -2.26. The van der Waals surface area contributed by atoms with Crippen LogP contribution in [0.3, 0.4) is 0 Å².